The van der Waals surface area contributed by atoms with E-state index in [0.717, 1.165) is 12.1 Å². The smallest absolute Gasteiger partial charge is 0.240 e. The Morgan fingerprint density at radius 2 is 1.74 bits per heavy atom. The van der Waals surface area contributed by atoms with Crippen molar-refractivity contribution in [2.24, 2.45) is 0 Å². The minimum absolute atomic E-state index is 0.0179. The predicted molar refractivity (Wildman–Crippen MR) is 88.2 cm³/mol. The van der Waals surface area contributed by atoms with Crippen LogP contribution in [0.15, 0.2) is 47.4 Å². The maximum absolute atomic E-state index is 12.8. The van der Waals surface area contributed by atoms with E-state index in [2.05, 4.69) is 4.72 Å². The molecule has 2 rings (SSSR count). The zero-order valence-electron chi connectivity index (χ0n) is 11.9. The molecule has 0 bridgehead atoms. The van der Waals surface area contributed by atoms with Crippen LogP contribution in [0, 0.1) is 5.82 Å². The van der Waals surface area contributed by atoms with Crippen LogP contribution in [0.1, 0.15) is 6.42 Å². The Balaban J connectivity index is 1.78. The van der Waals surface area contributed by atoms with Crippen LogP contribution in [0.4, 0.5) is 4.39 Å². The molecule has 0 aromatic heterocycles. The molecule has 0 saturated heterocycles. The third kappa shape index (κ3) is 5.35. The Hall–Kier alpha value is -1.34. The normalized spacial score (nSPS) is 11.4. The van der Waals surface area contributed by atoms with Gasteiger partial charge in [-0.3, -0.25) is 0 Å². The fourth-order valence-electron chi connectivity index (χ4n) is 1.73. The molecule has 0 unspecified atom stereocenters. The number of sulfonamides is 1. The summed E-state index contributed by atoms with van der Waals surface area (Å²) < 4.78 is 44.6. The highest BCUT2D eigenvalue weighted by Crippen LogP contribution is 2.26. The summed E-state index contributed by atoms with van der Waals surface area (Å²) in [7, 11) is -3.65. The van der Waals surface area contributed by atoms with Gasteiger partial charge in [0.2, 0.25) is 10.0 Å². The number of halogens is 3. The fraction of sp³-hybridized carbons (Fsp3) is 0.200. The summed E-state index contributed by atoms with van der Waals surface area (Å²) in [6.45, 7) is 0.505. The van der Waals surface area contributed by atoms with Crippen LogP contribution in [0.5, 0.6) is 5.75 Å². The molecule has 0 heterocycles. The van der Waals surface area contributed by atoms with Crippen molar-refractivity contribution in [2.75, 3.05) is 13.2 Å². The zero-order valence-corrected chi connectivity index (χ0v) is 14.3. The van der Waals surface area contributed by atoms with E-state index in [0.29, 0.717) is 28.8 Å². The first-order chi connectivity index (χ1) is 10.9. The third-order valence-corrected chi connectivity index (χ3v) is 5.11. The van der Waals surface area contributed by atoms with Crippen LogP contribution in [-0.2, 0) is 10.0 Å². The van der Waals surface area contributed by atoms with Crippen molar-refractivity contribution in [3.8, 4) is 5.75 Å². The van der Waals surface area contributed by atoms with Gasteiger partial charge in [0, 0.05) is 12.6 Å². The van der Waals surface area contributed by atoms with Gasteiger partial charge in [0.1, 0.15) is 11.6 Å². The minimum atomic E-state index is -3.65. The summed E-state index contributed by atoms with van der Waals surface area (Å²) in [6, 6.07) is 9.51. The summed E-state index contributed by atoms with van der Waals surface area (Å²) in [6.07, 6.45) is 0.459. The maximum Gasteiger partial charge on any atom is 0.240 e. The number of hydrogen-bond acceptors (Lipinski definition) is 3. The van der Waals surface area contributed by atoms with E-state index in [9.17, 15) is 12.8 Å². The molecule has 4 nitrogen and oxygen atoms in total. The Bertz CT molecular complexity index is 767. The quantitative estimate of drug-likeness (QED) is 0.744. The van der Waals surface area contributed by atoms with Crippen LogP contribution in [-0.4, -0.2) is 21.6 Å². The van der Waals surface area contributed by atoms with E-state index >= 15 is 0 Å². The highest BCUT2D eigenvalue weighted by molar-refractivity contribution is 7.89. The van der Waals surface area contributed by atoms with Gasteiger partial charge >= 0.3 is 0 Å². The van der Waals surface area contributed by atoms with E-state index in [1.807, 2.05) is 0 Å². The number of ether oxygens (including phenoxy) is 1. The molecular weight excluding hydrogens is 364 g/mol. The van der Waals surface area contributed by atoms with Crippen LogP contribution in [0.3, 0.4) is 0 Å². The topological polar surface area (TPSA) is 55.4 Å². The second kappa shape index (κ2) is 7.97. The largest absolute Gasteiger partial charge is 0.493 e. The van der Waals surface area contributed by atoms with Gasteiger partial charge in [-0.15, -0.1) is 0 Å². The second-order valence-electron chi connectivity index (χ2n) is 4.63. The van der Waals surface area contributed by atoms with Gasteiger partial charge in [0.25, 0.3) is 0 Å². The SMILES string of the molecule is O=S(=O)(NCCCOc1ccc(Cl)c(Cl)c1)c1ccc(F)cc1. The Morgan fingerprint density at radius 1 is 1.04 bits per heavy atom. The molecule has 0 fully saturated rings. The Kier molecular flexibility index (Phi) is 6.24. The molecule has 0 radical (unpaired) electrons. The lowest BCUT2D eigenvalue weighted by molar-refractivity contribution is 0.311. The molecular formula is C15H14Cl2FNO3S. The van der Waals surface area contributed by atoms with E-state index in [1.165, 1.54) is 12.1 Å². The van der Waals surface area contributed by atoms with Crippen LogP contribution < -0.4 is 9.46 Å². The summed E-state index contributed by atoms with van der Waals surface area (Å²) in [5.41, 5.74) is 0. The maximum atomic E-state index is 12.8. The fourth-order valence-corrected chi connectivity index (χ4v) is 3.09. The molecule has 0 amide bonds. The zero-order chi connectivity index (χ0) is 16.9. The van der Waals surface area contributed by atoms with Crippen molar-refractivity contribution in [1.82, 2.24) is 4.72 Å². The van der Waals surface area contributed by atoms with Crippen LogP contribution in [0.2, 0.25) is 10.0 Å². The molecule has 23 heavy (non-hydrogen) atoms. The highest BCUT2D eigenvalue weighted by atomic mass is 35.5. The first kappa shape index (κ1) is 18.0. The molecule has 2 aromatic carbocycles. The van der Waals surface area contributed by atoms with Gasteiger partial charge in [-0.2, -0.15) is 0 Å². The van der Waals surface area contributed by atoms with E-state index in [4.69, 9.17) is 27.9 Å². The number of benzene rings is 2. The third-order valence-electron chi connectivity index (χ3n) is 2.90. The molecule has 8 heteroatoms. The lowest BCUT2D eigenvalue weighted by atomic mass is 10.3. The monoisotopic (exact) mass is 377 g/mol. The van der Waals surface area contributed by atoms with E-state index in [-0.39, 0.29) is 11.4 Å². The van der Waals surface area contributed by atoms with Gasteiger partial charge in [0.05, 0.1) is 21.5 Å². The van der Waals surface area contributed by atoms with Crippen molar-refractivity contribution in [1.29, 1.82) is 0 Å². The molecule has 0 aliphatic carbocycles. The molecule has 1 N–H and O–H groups in total. The highest BCUT2D eigenvalue weighted by Gasteiger charge is 2.12. The van der Waals surface area contributed by atoms with Gasteiger partial charge in [-0.25, -0.2) is 17.5 Å². The summed E-state index contributed by atoms with van der Waals surface area (Å²) in [5, 5.41) is 0.826. The summed E-state index contributed by atoms with van der Waals surface area (Å²) in [4.78, 5) is 0.0179. The van der Waals surface area contributed by atoms with Gasteiger partial charge in [-0.05, 0) is 42.8 Å². The van der Waals surface area contributed by atoms with Crippen molar-refractivity contribution in [3.05, 3.63) is 58.3 Å². The summed E-state index contributed by atoms with van der Waals surface area (Å²) in [5.74, 6) is 0.0692. The van der Waals surface area contributed by atoms with Crippen LogP contribution >= 0.6 is 23.2 Å². The molecule has 0 aliphatic rings. The lowest BCUT2D eigenvalue weighted by Gasteiger charge is -2.09. The first-order valence-corrected chi connectivity index (χ1v) is 8.95. The van der Waals surface area contributed by atoms with E-state index in [1.54, 1.807) is 18.2 Å². The van der Waals surface area contributed by atoms with Gasteiger partial charge in [0.15, 0.2) is 0 Å². The van der Waals surface area contributed by atoms with Crippen molar-refractivity contribution >= 4 is 33.2 Å². The number of nitrogens with one attached hydrogen (secondary N) is 1. The molecule has 124 valence electrons. The van der Waals surface area contributed by atoms with Gasteiger partial charge < -0.3 is 4.74 Å². The van der Waals surface area contributed by atoms with Crippen molar-refractivity contribution in [2.45, 2.75) is 11.3 Å². The Morgan fingerprint density at radius 3 is 2.39 bits per heavy atom. The lowest BCUT2D eigenvalue weighted by Crippen LogP contribution is -2.25. The summed E-state index contributed by atoms with van der Waals surface area (Å²) >= 11 is 11.7. The van der Waals surface area contributed by atoms with Crippen molar-refractivity contribution in [3.63, 3.8) is 0 Å². The number of rotatable bonds is 7. The molecule has 2 aromatic rings. The molecule has 0 aliphatic heterocycles. The Labute approximate surface area is 144 Å². The average molecular weight is 378 g/mol. The number of hydrogen-bond donors (Lipinski definition) is 1. The molecule has 0 saturated carbocycles. The predicted octanol–water partition coefficient (Wildman–Crippen LogP) is 3.88. The average Bonchev–Trinajstić information content (AvgIpc) is 2.51. The molecule has 0 spiro atoms. The van der Waals surface area contributed by atoms with Crippen LogP contribution in [0.25, 0.3) is 0 Å². The minimum Gasteiger partial charge on any atom is -0.493 e. The standard InChI is InChI=1S/C15H14Cl2FNO3S/c16-14-7-4-12(10-15(14)17)22-9-1-8-19-23(20,21)13-5-2-11(18)3-6-13/h2-7,10,19H,1,8-9H2. The molecule has 0 atom stereocenters. The first-order valence-electron chi connectivity index (χ1n) is 6.71. The van der Waals surface area contributed by atoms with E-state index < -0.39 is 15.8 Å². The van der Waals surface area contributed by atoms with Crippen molar-refractivity contribution < 1.29 is 17.5 Å². The second-order valence-corrected chi connectivity index (χ2v) is 7.21. The van der Waals surface area contributed by atoms with Gasteiger partial charge in [-0.1, -0.05) is 23.2 Å².